The van der Waals surface area contributed by atoms with Crippen molar-refractivity contribution in [1.29, 1.82) is 0 Å². The molecule has 2 atom stereocenters. The van der Waals surface area contributed by atoms with Crippen LogP contribution in [0.25, 0.3) is 0 Å². The first-order valence-electron chi connectivity index (χ1n) is 23.5. The van der Waals surface area contributed by atoms with Crippen molar-refractivity contribution in [2.75, 3.05) is 20.3 Å². The van der Waals surface area contributed by atoms with Gasteiger partial charge in [0, 0.05) is 20.0 Å². The van der Waals surface area contributed by atoms with Gasteiger partial charge in [-0.05, 0) is 77.0 Å². The van der Waals surface area contributed by atoms with Crippen LogP contribution in [-0.4, -0.2) is 43.3 Å². The van der Waals surface area contributed by atoms with Crippen LogP contribution in [-0.2, 0) is 32.7 Å². The fourth-order valence-corrected chi connectivity index (χ4v) is 6.87. The summed E-state index contributed by atoms with van der Waals surface area (Å²) in [5.41, 5.74) is 0. The number of phosphoric ester groups is 1. The van der Waals surface area contributed by atoms with Gasteiger partial charge in [-0.15, -0.1) is 0 Å². The number of rotatable bonds is 43. The van der Waals surface area contributed by atoms with Crippen molar-refractivity contribution >= 4 is 19.8 Å². The lowest BCUT2D eigenvalue weighted by atomic mass is 10.0. The number of allylic oxidation sites excluding steroid dienone is 10. The van der Waals surface area contributed by atoms with E-state index in [2.05, 4.69) is 79.1 Å². The highest BCUT2D eigenvalue weighted by molar-refractivity contribution is 7.47. The number of hydrogen-bond acceptors (Lipinski definition) is 7. The Balaban J connectivity index is 3.96. The van der Waals surface area contributed by atoms with E-state index in [0.717, 1.165) is 97.0 Å². The van der Waals surface area contributed by atoms with Gasteiger partial charge in [-0.25, -0.2) is 4.57 Å². The standard InChI is InChI=1S/C49H87O8P/c1-4-6-8-10-12-14-16-18-20-22-23-24-25-26-27-28-30-32-34-36-38-40-42-44-49(51)57-47(46-56-58(52,53)54-3)45-55-48(50)43-41-39-37-35-33-31-29-21-19-17-15-13-11-9-7-5-2/h6,8,12,14,18,20-21,23-24,29,47H,4-5,7,9-11,13,15-17,19,22,25-28,30-46H2,1-3H3,(H,52,53)/b8-6-,14-12-,20-18-,24-23-,29-21-. The normalized spacial score (nSPS) is 13.8. The van der Waals surface area contributed by atoms with Crippen LogP contribution < -0.4 is 0 Å². The molecule has 0 aliphatic heterocycles. The lowest BCUT2D eigenvalue weighted by Gasteiger charge is -2.19. The Kier molecular flexibility index (Phi) is 42.6. The Morgan fingerprint density at radius 2 is 0.879 bits per heavy atom. The number of hydrogen-bond donors (Lipinski definition) is 1. The molecule has 336 valence electrons. The molecule has 0 aromatic heterocycles. The first-order valence-corrected chi connectivity index (χ1v) is 25.0. The van der Waals surface area contributed by atoms with Gasteiger partial charge in [0.1, 0.15) is 6.61 Å². The number of ether oxygens (including phenoxy) is 2. The number of carbonyl (C=O) groups excluding carboxylic acids is 2. The van der Waals surface area contributed by atoms with Crippen molar-refractivity contribution in [1.82, 2.24) is 0 Å². The van der Waals surface area contributed by atoms with Gasteiger partial charge in [0.2, 0.25) is 0 Å². The van der Waals surface area contributed by atoms with Crippen molar-refractivity contribution in [3.05, 3.63) is 60.8 Å². The predicted octanol–water partition coefficient (Wildman–Crippen LogP) is 15.1. The van der Waals surface area contributed by atoms with Crippen molar-refractivity contribution < 1.29 is 37.6 Å². The minimum atomic E-state index is -4.27. The summed E-state index contributed by atoms with van der Waals surface area (Å²) in [7, 11) is -3.21. The van der Waals surface area contributed by atoms with Crippen LogP contribution in [0.1, 0.15) is 213 Å². The summed E-state index contributed by atoms with van der Waals surface area (Å²) in [6, 6.07) is 0. The monoisotopic (exact) mass is 835 g/mol. The minimum absolute atomic E-state index is 0.232. The molecule has 0 saturated heterocycles. The molecule has 0 rings (SSSR count). The highest BCUT2D eigenvalue weighted by atomic mass is 31.2. The third kappa shape index (κ3) is 43.3. The molecule has 0 bridgehead atoms. The number of phosphoric acid groups is 1. The van der Waals surface area contributed by atoms with Gasteiger partial charge < -0.3 is 14.4 Å². The number of unbranched alkanes of at least 4 members (excludes halogenated alkanes) is 22. The van der Waals surface area contributed by atoms with Crippen LogP contribution in [0.5, 0.6) is 0 Å². The molecule has 0 heterocycles. The van der Waals surface area contributed by atoms with Crippen molar-refractivity contribution in [3.63, 3.8) is 0 Å². The maximum atomic E-state index is 12.6. The molecule has 8 nitrogen and oxygen atoms in total. The second-order valence-electron chi connectivity index (χ2n) is 15.5. The first-order chi connectivity index (χ1) is 28.3. The second kappa shape index (κ2) is 44.3. The SMILES string of the molecule is CC/C=C\C/C=C\C/C=C\C/C=C\CCCCCCCCCCCCC(=O)OC(COC(=O)CCCCCCC/C=C\CCCCCCCCC)COP(=O)(O)OC. The van der Waals surface area contributed by atoms with E-state index >= 15 is 0 Å². The fourth-order valence-electron chi connectivity index (χ4n) is 6.41. The smallest absolute Gasteiger partial charge is 0.462 e. The minimum Gasteiger partial charge on any atom is -0.462 e. The maximum absolute atomic E-state index is 12.6. The van der Waals surface area contributed by atoms with E-state index in [1.165, 1.54) is 89.9 Å². The predicted molar refractivity (Wildman–Crippen MR) is 244 cm³/mol. The number of carbonyl (C=O) groups is 2. The van der Waals surface area contributed by atoms with Crippen LogP contribution >= 0.6 is 7.82 Å². The molecule has 0 spiro atoms. The van der Waals surface area contributed by atoms with Crippen LogP contribution in [0.4, 0.5) is 0 Å². The molecule has 0 amide bonds. The fraction of sp³-hybridized carbons (Fsp3) is 0.755. The molecule has 0 aliphatic rings. The zero-order valence-electron chi connectivity index (χ0n) is 37.4. The first kappa shape index (κ1) is 55.8. The summed E-state index contributed by atoms with van der Waals surface area (Å²) in [5.74, 6) is -0.817. The van der Waals surface area contributed by atoms with Crippen molar-refractivity contribution in [2.24, 2.45) is 0 Å². The highest BCUT2D eigenvalue weighted by Crippen LogP contribution is 2.42. The van der Waals surface area contributed by atoms with Gasteiger partial charge in [0.25, 0.3) is 0 Å². The summed E-state index contributed by atoms with van der Waals surface area (Å²) in [6.45, 7) is 3.78. The Bertz CT molecular complexity index is 1130. The Morgan fingerprint density at radius 1 is 0.500 bits per heavy atom. The maximum Gasteiger partial charge on any atom is 0.472 e. The molecule has 2 unspecified atom stereocenters. The average Bonchev–Trinajstić information content (AvgIpc) is 3.21. The highest BCUT2D eigenvalue weighted by Gasteiger charge is 2.24. The molecule has 9 heteroatoms. The second-order valence-corrected chi connectivity index (χ2v) is 17.1. The number of esters is 2. The molecule has 1 N–H and O–H groups in total. The van der Waals surface area contributed by atoms with Crippen LogP contribution in [0.3, 0.4) is 0 Å². The average molecular weight is 835 g/mol. The van der Waals surface area contributed by atoms with Gasteiger partial charge in [0.05, 0.1) is 6.61 Å². The Labute approximate surface area is 356 Å². The van der Waals surface area contributed by atoms with Crippen molar-refractivity contribution in [2.45, 2.75) is 219 Å². The van der Waals surface area contributed by atoms with Gasteiger partial charge >= 0.3 is 19.8 Å². The molecule has 0 saturated carbocycles. The molecule has 0 aromatic rings. The van der Waals surface area contributed by atoms with Crippen LogP contribution in [0, 0.1) is 0 Å². The largest absolute Gasteiger partial charge is 0.472 e. The van der Waals surface area contributed by atoms with Crippen molar-refractivity contribution in [3.8, 4) is 0 Å². The van der Waals surface area contributed by atoms with E-state index in [9.17, 15) is 19.0 Å². The molecule has 0 fully saturated rings. The summed E-state index contributed by atoms with van der Waals surface area (Å²) in [6.07, 6.45) is 55.6. The van der Waals surface area contributed by atoms with Gasteiger partial charge in [-0.2, -0.15) is 0 Å². The van der Waals surface area contributed by atoms with Gasteiger partial charge in [-0.3, -0.25) is 18.6 Å². The molecular weight excluding hydrogens is 748 g/mol. The van der Waals surface area contributed by atoms with E-state index in [4.69, 9.17) is 14.0 Å². The summed E-state index contributed by atoms with van der Waals surface area (Å²) in [5, 5.41) is 0. The van der Waals surface area contributed by atoms with E-state index in [0.29, 0.717) is 6.42 Å². The van der Waals surface area contributed by atoms with Crippen LogP contribution in [0.2, 0.25) is 0 Å². The topological polar surface area (TPSA) is 108 Å². The lowest BCUT2D eigenvalue weighted by molar-refractivity contribution is -0.161. The van der Waals surface area contributed by atoms with Crippen LogP contribution in [0.15, 0.2) is 60.8 Å². The van der Waals surface area contributed by atoms with E-state index in [1.54, 1.807) is 0 Å². The van der Waals surface area contributed by atoms with Gasteiger partial charge in [-0.1, -0.05) is 184 Å². The molecule has 0 radical (unpaired) electrons. The molecule has 0 aliphatic carbocycles. The summed E-state index contributed by atoms with van der Waals surface area (Å²) < 4.78 is 32.1. The molecular formula is C49H87O8P. The Hall–Kier alpha value is -2.25. The summed E-state index contributed by atoms with van der Waals surface area (Å²) in [4.78, 5) is 34.6. The third-order valence-corrected chi connectivity index (χ3v) is 10.9. The zero-order valence-corrected chi connectivity index (χ0v) is 38.3. The molecule has 58 heavy (non-hydrogen) atoms. The lowest BCUT2D eigenvalue weighted by Crippen LogP contribution is -2.29. The summed E-state index contributed by atoms with van der Waals surface area (Å²) >= 11 is 0. The quantitative estimate of drug-likeness (QED) is 0.0280. The van der Waals surface area contributed by atoms with E-state index < -0.39 is 26.5 Å². The zero-order chi connectivity index (χ0) is 42.5. The van der Waals surface area contributed by atoms with E-state index in [1.807, 2.05) is 0 Å². The Morgan fingerprint density at radius 3 is 1.33 bits per heavy atom. The van der Waals surface area contributed by atoms with Gasteiger partial charge in [0.15, 0.2) is 6.10 Å². The third-order valence-electron chi connectivity index (χ3n) is 10.00. The molecule has 0 aromatic carbocycles. The van der Waals surface area contributed by atoms with E-state index in [-0.39, 0.29) is 25.4 Å².